The summed E-state index contributed by atoms with van der Waals surface area (Å²) in [5.41, 5.74) is 0.291. The van der Waals surface area contributed by atoms with E-state index >= 15 is 0 Å². The van der Waals surface area contributed by atoms with E-state index in [9.17, 15) is 19.2 Å². The van der Waals surface area contributed by atoms with Crippen molar-refractivity contribution in [2.45, 2.75) is 38.1 Å². The number of ether oxygens (including phenoxy) is 3. The van der Waals surface area contributed by atoms with Crippen LogP contribution >= 0.6 is 0 Å². The van der Waals surface area contributed by atoms with Crippen LogP contribution in [0.3, 0.4) is 0 Å². The minimum Gasteiger partial charge on any atom is -0.454 e. The molecule has 10 nitrogen and oxygen atoms in total. The largest absolute Gasteiger partial charge is 0.454 e. The number of fused-ring (bicyclic) bond motifs is 1. The Labute approximate surface area is 167 Å². The van der Waals surface area contributed by atoms with Gasteiger partial charge in [-0.1, -0.05) is 19.3 Å². The number of carbonyl (C=O) groups excluding carboxylic acids is 4. The normalized spacial score (nSPS) is 15.3. The number of nitrogens with one attached hydrogen (secondary N) is 3. The van der Waals surface area contributed by atoms with Gasteiger partial charge in [-0.05, 0) is 31.0 Å². The summed E-state index contributed by atoms with van der Waals surface area (Å²) in [6, 6.07) is 4.09. The summed E-state index contributed by atoms with van der Waals surface area (Å²) in [7, 11) is 0. The maximum absolute atomic E-state index is 12.1. The summed E-state index contributed by atoms with van der Waals surface area (Å²) in [5, 5.41) is 7.23. The van der Waals surface area contributed by atoms with E-state index < -0.39 is 37.0 Å². The lowest BCUT2D eigenvalue weighted by molar-refractivity contribution is -0.147. The lowest BCUT2D eigenvalue weighted by atomic mass is 9.96. The number of imide groups is 1. The van der Waals surface area contributed by atoms with E-state index in [-0.39, 0.29) is 12.8 Å². The highest BCUT2D eigenvalue weighted by molar-refractivity contribution is 5.97. The second-order valence-electron chi connectivity index (χ2n) is 6.77. The van der Waals surface area contributed by atoms with Crippen molar-refractivity contribution >= 4 is 23.8 Å². The Balaban J connectivity index is 1.33. The molecule has 0 unspecified atom stereocenters. The summed E-state index contributed by atoms with van der Waals surface area (Å²) >= 11 is 0. The summed E-state index contributed by atoms with van der Waals surface area (Å²) in [5.74, 6) is -1.06. The van der Waals surface area contributed by atoms with Gasteiger partial charge in [0.05, 0.1) is 0 Å². The Kier molecular flexibility index (Phi) is 6.88. The van der Waals surface area contributed by atoms with Gasteiger partial charge < -0.3 is 24.8 Å². The van der Waals surface area contributed by atoms with E-state index in [0.29, 0.717) is 17.1 Å². The van der Waals surface area contributed by atoms with Crippen LogP contribution in [0, 0.1) is 0 Å². The summed E-state index contributed by atoms with van der Waals surface area (Å²) in [6.07, 6.45) is 5.03. The fraction of sp³-hybridized carbons (Fsp3) is 0.474. The van der Waals surface area contributed by atoms with Crippen LogP contribution in [0.2, 0.25) is 0 Å². The molecule has 0 aromatic heterocycles. The highest BCUT2D eigenvalue weighted by Crippen LogP contribution is 2.32. The van der Waals surface area contributed by atoms with E-state index in [1.807, 2.05) is 0 Å². The minimum absolute atomic E-state index is 0.0606. The molecule has 1 heterocycles. The molecule has 1 saturated carbocycles. The van der Waals surface area contributed by atoms with Crippen LogP contribution < -0.4 is 25.4 Å². The molecule has 1 fully saturated rings. The molecule has 3 rings (SSSR count). The highest BCUT2D eigenvalue weighted by atomic mass is 16.7. The summed E-state index contributed by atoms with van der Waals surface area (Å²) in [4.78, 5) is 47.2. The Morgan fingerprint density at radius 3 is 2.59 bits per heavy atom. The number of urea groups is 1. The van der Waals surface area contributed by atoms with Crippen molar-refractivity contribution in [3.8, 4) is 11.5 Å². The van der Waals surface area contributed by atoms with Gasteiger partial charge in [-0.25, -0.2) is 4.79 Å². The fourth-order valence-electron chi connectivity index (χ4n) is 3.12. The second kappa shape index (κ2) is 9.76. The molecule has 1 aromatic carbocycles. The lowest BCUT2D eigenvalue weighted by Crippen LogP contribution is -2.46. The number of hydrogen-bond acceptors (Lipinski definition) is 7. The monoisotopic (exact) mass is 405 g/mol. The molecule has 1 aliphatic heterocycles. The lowest BCUT2D eigenvalue weighted by Gasteiger charge is -2.22. The van der Waals surface area contributed by atoms with Crippen LogP contribution in [0.4, 0.5) is 4.79 Å². The van der Waals surface area contributed by atoms with Crippen LogP contribution in [-0.4, -0.2) is 49.8 Å². The first kappa shape index (κ1) is 20.4. The predicted octanol–water partition coefficient (Wildman–Crippen LogP) is 0.847. The average molecular weight is 405 g/mol. The average Bonchev–Trinajstić information content (AvgIpc) is 3.19. The van der Waals surface area contributed by atoms with E-state index in [4.69, 9.17) is 14.2 Å². The van der Waals surface area contributed by atoms with Crippen molar-refractivity contribution in [2.75, 3.05) is 19.9 Å². The molecule has 1 aliphatic carbocycles. The van der Waals surface area contributed by atoms with E-state index in [2.05, 4.69) is 16.0 Å². The zero-order valence-electron chi connectivity index (χ0n) is 15.8. The molecule has 2 aliphatic rings. The molecule has 0 spiro atoms. The topological polar surface area (TPSA) is 132 Å². The van der Waals surface area contributed by atoms with Crippen LogP contribution in [-0.2, 0) is 14.3 Å². The van der Waals surface area contributed by atoms with E-state index in [0.717, 1.165) is 32.1 Å². The van der Waals surface area contributed by atoms with Crippen molar-refractivity contribution in [2.24, 2.45) is 0 Å². The molecule has 4 amide bonds. The van der Waals surface area contributed by atoms with Gasteiger partial charge in [0.2, 0.25) is 6.79 Å². The number of amides is 4. The molecule has 3 N–H and O–H groups in total. The third-order valence-corrected chi connectivity index (χ3v) is 4.59. The SMILES string of the molecule is O=C(COC(=O)CNC(=O)c1ccc2c(c1)OCO2)NC(=O)NC1CCCCC1. The first-order chi connectivity index (χ1) is 14.0. The van der Waals surface area contributed by atoms with Gasteiger partial charge >= 0.3 is 12.0 Å². The van der Waals surface area contributed by atoms with Crippen molar-refractivity contribution < 1.29 is 33.4 Å². The first-order valence-corrected chi connectivity index (χ1v) is 9.45. The van der Waals surface area contributed by atoms with Crippen molar-refractivity contribution in [3.05, 3.63) is 23.8 Å². The van der Waals surface area contributed by atoms with E-state index in [1.165, 1.54) is 12.1 Å². The second-order valence-corrected chi connectivity index (χ2v) is 6.77. The van der Waals surface area contributed by atoms with Gasteiger partial charge in [-0.2, -0.15) is 0 Å². The van der Waals surface area contributed by atoms with Crippen molar-refractivity contribution in [3.63, 3.8) is 0 Å². The molecule has 0 radical (unpaired) electrons. The van der Waals surface area contributed by atoms with Gasteiger partial charge in [-0.15, -0.1) is 0 Å². The fourth-order valence-corrected chi connectivity index (χ4v) is 3.12. The van der Waals surface area contributed by atoms with Gasteiger partial charge in [0, 0.05) is 11.6 Å². The Morgan fingerprint density at radius 1 is 1.03 bits per heavy atom. The van der Waals surface area contributed by atoms with Crippen LogP contribution in [0.5, 0.6) is 11.5 Å². The summed E-state index contributed by atoms with van der Waals surface area (Å²) in [6.45, 7) is -0.945. The minimum atomic E-state index is -0.804. The zero-order valence-corrected chi connectivity index (χ0v) is 15.8. The summed E-state index contributed by atoms with van der Waals surface area (Å²) < 4.78 is 15.1. The van der Waals surface area contributed by atoms with E-state index in [1.54, 1.807) is 6.07 Å². The standard InChI is InChI=1S/C19H23N3O7/c23-16(22-19(26)21-13-4-2-1-3-5-13)10-27-17(24)9-20-18(25)12-6-7-14-15(8-12)29-11-28-14/h6-8,13H,1-5,9-11H2,(H,20,25)(H2,21,22,23,26). The smallest absolute Gasteiger partial charge is 0.325 e. The molecule has 0 saturated heterocycles. The molecule has 1 aromatic rings. The van der Waals surface area contributed by atoms with Crippen LogP contribution in [0.15, 0.2) is 18.2 Å². The predicted molar refractivity (Wildman–Crippen MR) is 99.4 cm³/mol. The van der Waals surface area contributed by atoms with Crippen molar-refractivity contribution in [1.82, 2.24) is 16.0 Å². The van der Waals surface area contributed by atoms with Gasteiger partial charge in [0.25, 0.3) is 11.8 Å². The highest BCUT2D eigenvalue weighted by Gasteiger charge is 2.19. The zero-order chi connectivity index (χ0) is 20.6. The third-order valence-electron chi connectivity index (χ3n) is 4.59. The number of benzene rings is 1. The maximum Gasteiger partial charge on any atom is 0.325 e. The van der Waals surface area contributed by atoms with Gasteiger partial charge in [0.1, 0.15) is 6.54 Å². The molecule has 29 heavy (non-hydrogen) atoms. The molecule has 0 bridgehead atoms. The molecule has 156 valence electrons. The van der Waals surface area contributed by atoms with Gasteiger partial charge in [-0.3, -0.25) is 19.7 Å². The Morgan fingerprint density at radius 2 is 1.79 bits per heavy atom. The molecular formula is C19H23N3O7. The van der Waals surface area contributed by atoms with Crippen molar-refractivity contribution in [1.29, 1.82) is 0 Å². The third kappa shape index (κ3) is 6.09. The first-order valence-electron chi connectivity index (χ1n) is 9.45. The van der Waals surface area contributed by atoms with Crippen LogP contribution in [0.1, 0.15) is 42.5 Å². The molecule has 10 heteroatoms. The quantitative estimate of drug-likeness (QED) is 0.598. The Bertz CT molecular complexity index is 790. The molecular weight excluding hydrogens is 382 g/mol. The van der Waals surface area contributed by atoms with Gasteiger partial charge in [0.15, 0.2) is 18.1 Å². The number of esters is 1. The molecule has 0 atom stereocenters. The number of rotatable bonds is 6. The maximum atomic E-state index is 12.1. The number of carbonyl (C=O) groups is 4. The number of hydrogen-bond donors (Lipinski definition) is 3. The van der Waals surface area contributed by atoms with Crippen LogP contribution in [0.25, 0.3) is 0 Å². The Hall–Kier alpha value is -3.30.